The van der Waals surface area contributed by atoms with Crippen LogP contribution in [0.4, 0.5) is 4.79 Å². The van der Waals surface area contributed by atoms with Gasteiger partial charge in [-0.3, -0.25) is 0 Å². The number of aromatic nitrogens is 2. The predicted molar refractivity (Wildman–Crippen MR) is 84.1 cm³/mol. The van der Waals surface area contributed by atoms with Gasteiger partial charge in [0.05, 0.1) is 23.7 Å². The Balaban J connectivity index is 1.49. The number of rotatable bonds is 4. The standard InChI is InChI=1S/C15H18N4O2S/c1-10-14(22-18-17-10)8-16-15(20)19(2)9-12-7-11-5-3-4-6-13(11)21-12/h3-6,12H,7-9H2,1-2H3,(H,16,20). The molecule has 1 aliphatic rings. The van der Waals surface area contributed by atoms with Crippen LogP contribution in [0.25, 0.3) is 0 Å². The number of benzene rings is 1. The van der Waals surface area contributed by atoms with E-state index in [1.165, 1.54) is 17.1 Å². The lowest BCUT2D eigenvalue weighted by atomic mass is 10.1. The maximum Gasteiger partial charge on any atom is 0.317 e. The summed E-state index contributed by atoms with van der Waals surface area (Å²) in [6.45, 7) is 2.90. The fraction of sp³-hybridized carbons (Fsp3) is 0.400. The first-order valence-corrected chi connectivity index (χ1v) is 7.92. The van der Waals surface area contributed by atoms with Crippen molar-refractivity contribution in [3.8, 4) is 5.75 Å². The van der Waals surface area contributed by atoms with Crippen molar-refractivity contribution in [2.75, 3.05) is 13.6 Å². The molecule has 7 heteroatoms. The second kappa shape index (κ2) is 6.31. The number of hydrogen-bond donors (Lipinski definition) is 1. The third-order valence-electron chi connectivity index (χ3n) is 3.68. The van der Waals surface area contributed by atoms with Gasteiger partial charge in [-0.15, -0.1) is 5.10 Å². The van der Waals surface area contributed by atoms with E-state index in [-0.39, 0.29) is 12.1 Å². The molecule has 1 atom stereocenters. The van der Waals surface area contributed by atoms with Crippen LogP contribution >= 0.6 is 11.5 Å². The van der Waals surface area contributed by atoms with Gasteiger partial charge in [-0.1, -0.05) is 22.7 Å². The topological polar surface area (TPSA) is 67.4 Å². The van der Waals surface area contributed by atoms with E-state index in [2.05, 4.69) is 21.0 Å². The van der Waals surface area contributed by atoms with Crippen LogP contribution in [0.5, 0.6) is 5.75 Å². The molecule has 3 rings (SSSR count). The van der Waals surface area contributed by atoms with Gasteiger partial charge in [0.25, 0.3) is 0 Å². The Morgan fingerprint density at radius 2 is 2.32 bits per heavy atom. The molecule has 1 N–H and O–H groups in total. The lowest BCUT2D eigenvalue weighted by molar-refractivity contribution is 0.164. The van der Waals surface area contributed by atoms with Gasteiger partial charge in [-0.25, -0.2) is 4.79 Å². The number of likely N-dealkylation sites (N-methyl/N-ethyl adjacent to an activating group) is 1. The zero-order chi connectivity index (χ0) is 15.5. The Hall–Kier alpha value is -2.15. The third-order valence-corrected chi connectivity index (χ3v) is 4.51. The number of amides is 2. The van der Waals surface area contributed by atoms with Gasteiger partial charge in [-0.05, 0) is 30.1 Å². The number of fused-ring (bicyclic) bond motifs is 1. The van der Waals surface area contributed by atoms with E-state index in [1.807, 2.05) is 25.1 Å². The van der Waals surface area contributed by atoms with E-state index in [0.717, 1.165) is 22.7 Å². The Kier molecular flexibility index (Phi) is 4.24. The summed E-state index contributed by atoms with van der Waals surface area (Å²) in [6.07, 6.45) is 0.853. The van der Waals surface area contributed by atoms with E-state index in [0.29, 0.717) is 13.1 Å². The van der Waals surface area contributed by atoms with Gasteiger partial charge in [-0.2, -0.15) is 0 Å². The maximum atomic E-state index is 12.1. The van der Waals surface area contributed by atoms with Crippen LogP contribution < -0.4 is 10.1 Å². The van der Waals surface area contributed by atoms with Gasteiger partial charge in [0.15, 0.2) is 0 Å². The molecular formula is C15H18N4O2S. The highest BCUT2D eigenvalue weighted by molar-refractivity contribution is 7.05. The number of carbonyl (C=O) groups is 1. The maximum absolute atomic E-state index is 12.1. The molecule has 1 aliphatic heterocycles. The molecule has 1 aromatic heterocycles. The summed E-state index contributed by atoms with van der Waals surface area (Å²) in [5.74, 6) is 0.924. The molecule has 22 heavy (non-hydrogen) atoms. The van der Waals surface area contributed by atoms with E-state index < -0.39 is 0 Å². The lowest BCUT2D eigenvalue weighted by Gasteiger charge is -2.21. The first-order chi connectivity index (χ1) is 10.6. The number of para-hydroxylation sites is 1. The fourth-order valence-corrected chi connectivity index (χ4v) is 3.02. The first kappa shape index (κ1) is 14.8. The van der Waals surface area contributed by atoms with Gasteiger partial charge < -0.3 is 15.0 Å². The molecule has 0 spiro atoms. The van der Waals surface area contributed by atoms with E-state index in [9.17, 15) is 4.79 Å². The van der Waals surface area contributed by atoms with E-state index >= 15 is 0 Å². The van der Waals surface area contributed by atoms with Crippen molar-refractivity contribution in [3.63, 3.8) is 0 Å². The smallest absolute Gasteiger partial charge is 0.317 e. The molecule has 0 aliphatic carbocycles. The number of ether oxygens (including phenoxy) is 1. The number of hydrogen-bond acceptors (Lipinski definition) is 5. The molecule has 0 saturated carbocycles. The van der Waals surface area contributed by atoms with Crippen LogP contribution in [-0.4, -0.2) is 40.2 Å². The summed E-state index contributed by atoms with van der Waals surface area (Å²) in [5, 5.41) is 6.81. The zero-order valence-electron chi connectivity index (χ0n) is 12.6. The Morgan fingerprint density at radius 1 is 1.50 bits per heavy atom. The average Bonchev–Trinajstić information content (AvgIpc) is 3.10. The minimum absolute atomic E-state index is 0.0138. The van der Waals surface area contributed by atoms with Gasteiger partial charge in [0.1, 0.15) is 11.9 Å². The average molecular weight is 318 g/mol. The molecule has 116 valence electrons. The summed E-state index contributed by atoms with van der Waals surface area (Å²) in [4.78, 5) is 14.8. The van der Waals surface area contributed by atoms with E-state index in [4.69, 9.17) is 4.74 Å². The van der Waals surface area contributed by atoms with Crippen molar-refractivity contribution < 1.29 is 9.53 Å². The summed E-state index contributed by atoms with van der Waals surface area (Å²) >= 11 is 1.31. The highest BCUT2D eigenvalue weighted by Gasteiger charge is 2.25. The van der Waals surface area contributed by atoms with Crippen LogP contribution in [0.2, 0.25) is 0 Å². The summed E-state index contributed by atoms with van der Waals surface area (Å²) < 4.78 is 9.72. The highest BCUT2D eigenvalue weighted by atomic mass is 32.1. The highest BCUT2D eigenvalue weighted by Crippen LogP contribution is 2.28. The van der Waals surface area contributed by atoms with Crippen LogP contribution in [0.15, 0.2) is 24.3 Å². The second-order valence-corrected chi connectivity index (χ2v) is 6.21. The lowest BCUT2D eigenvalue weighted by Crippen LogP contribution is -2.42. The number of aryl methyl sites for hydroxylation is 1. The van der Waals surface area contributed by atoms with Crippen molar-refractivity contribution in [1.29, 1.82) is 0 Å². The Labute approximate surface area is 133 Å². The van der Waals surface area contributed by atoms with Crippen molar-refractivity contribution in [1.82, 2.24) is 19.8 Å². The summed E-state index contributed by atoms with van der Waals surface area (Å²) in [5.41, 5.74) is 2.06. The molecule has 1 aromatic carbocycles. The molecule has 6 nitrogen and oxygen atoms in total. The third kappa shape index (κ3) is 3.19. The minimum atomic E-state index is -0.118. The zero-order valence-corrected chi connectivity index (χ0v) is 13.4. The number of nitrogens with zero attached hydrogens (tertiary/aromatic N) is 3. The molecule has 0 radical (unpaired) electrons. The molecule has 0 saturated heterocycles. The number of carbonyl (C=O) groups excluding carboxylic acids is 1. The summed E-state index contributed by atoms with van der Waals surface area (Å²) in [7, 11) is 1.78. The Morgan fingerprint density at radius 3 is 3.05 bits per heavy atom. The molecule has 2 heterocycles. The predicted octanol–water partition coefficient (Wildman–Crippen LogP) is 1.99. The van der Waals surface area contributed by atoms with Crippen LogP contribution in [0, 0.1) is 6.92 Å². The molecule has 2 aromatic rings. The number of nitrogens with one attached hydrogen (secondary N) is 1. The van der Waals surface area contributed by atoms with Crippen molar-refractivity contribution in [2.24, 2.45) is 0 Å². The monoisotopic (exact) mass is 318 g/mol. The van der Waals surface area contributed by atoms with Crippen LogP contribution in [0.3, 0.4) is 0 Å². The van der Waals surface area contributed by atoms with Gasteiger partial charge in [0, 0.05) is 13.5 Å². The SMILES string of the molecule is Cc1nnsc1CNC(=O)N(C)CC1Cc2ccccc2O1. The van der Waals surface area contributed by atoms with Gasteiger partial charge in [0.2, 0.25) is 0 Å². The largest absolute Gasteiger partial charge is 0.488 e. The molecule has 1 unspecified atom stereocenters. The minimum Gasteiger partial charge on any atom is -0.488 e. The quantitative estimate of drug-likeness (QED) is 0.936. The molecule has 2 amide bonds. The summed E-state index contributed by atoms with van der Waals surface area (Å²) in [6, 6.07) is 7.88. The molecule has 0 fully saturated rings. The van der Waals surface area contributed by atoms with Crippen molar-refractivity contribution in [3.05, 3.63) is 40.4 Å². The van der Waals surface area contributed by atoms with E-state index in [1.54, 1.807) is 11.9 Å². The van der Waals surface area contributed by atoms with Crippen molar-refractivity contribution >= 4 is 17.6 Å². The van der Waals surface area contributed by atoms with Crippen LogP contribution in [0.1, 0.15) is 16.1 Å². The van der Waals surface area contributed by atoms with Crippen LogP contribution in [-0.2, 0) is 13.0 Å². The van der Waals surface area contributed by atoms with Gasteiger partial charge >= 0.3 is 6.03 Å². The number of urea groups is 1. The normalized spacial score (nSPS) is 16.0. The fourth-order valence-electron chi connectivity index (χ4n) is 2.45. The Bertz CT molecular complexity index is 648. The molecular weight excluding hydrogens is 300 g/mol. The first-order valence-electron chi connectivity index (χ1n) is 7.15. The van der Waals surface area contributed by atoms with Crippen molar-refractivity contribution in [2.45, 2.75) is 26.0 Å². The second-order valence-electron chi connectivity index (χ2n) is 5.37. The molecule has 0 bridgehead atoms.